The van der Waals surface area contributed by atoms with Crippen LogP contribution in [0.5, 0.6) is 5.75 Å². The molecule has 0 aliphatic heterocycles. The second kappa shape index (κ2) is 6.35. The second-order valence-electron chi connectivity index (χ2n) is 5.56. The Bertz CT molecular complexity index is 419. The predicted octanol–water partition coefficient (Wildman–Crippen LogP) is 2.30. The van der Waals surface area contributed by atoms with Gasteiger partial charge in [0.05, 0.1) is 7.11 Å². The van der Waals surface area contributed by atoms with E-state index in [1.165, 1.54) is 7.11 Å². The van der Waals surface area contributed by atoms with E-state index in [2.05, 4.69) is 38.2 Å². The highest BCUT2D eigenvalue weighted by molar-refractivity contribution is 5.30. The number of hydrogen-bond donors (Lipinski definition) is 1. The summed E-state index contributed by atoms with van der Waals surface area (Å²) in [5, 5.41) is 3.32. The van der Waals surface area contributed by atoms with Gasteiger partial charge in [-0.05, 0) is 59.1 Å². The summed E-state index contributed by atoms with van der Waals surface area (Å²) in [6, 6.07) is 5.38. The van der Waals surface area contributed by atoms with Gasteiger partial charge in [0.2, 0.25) is 0 Å². The largest absolute Gasteiger partial charge is 0.494 e. The third kappa shape index (κ3) is 3.67. The summed E-state index contributed by atoms with van der Waals surface area (Å²) in [6.45, 7) is 4.35. The van der Waals surface area contributed by atoms with E-state index in [4.69, 9.17) is 4.74 Å². The minimum atomic E-state index is -0.308. The first-order valence-corrected chi connectivity index (χ1v) is 6.50. The molecule has 0 bridgehead atoms. The molecule has 1 unspecified atom stereocenters. The number of nitrogens with zero attached hydrogens (tertiary/aromatic N) is 1. The van der Waals surface area contributed by atoms with E-state index < -0.39 is 0 Å². The zero-order valence-electron chi connectivity index (χ0n) is 12.7. The Kier molecular flexibility index (Phi) is 5.32. The van der Waals surface area contributed by atoms with Crippen molar-refractivity contribution in [2.24, 2.45) is 0 Å². The van der Waals surface area contributed by atoms with Crippen molar-refractivity contribution < 1.29 is 9.13 Å². The lowest BCUT2D eigenvalue weighted by atomic mass is 9.88. The molecule has 1 aromatic carbocycles. The molecule has 0 fully saturated rings. The van der Waals surface area contributed by atoms with Gasteiger partial charge in [0.1, 0.15) is 0 Å². The highest BCUT2D eigenvalue weighted by Crippen LogP contribution is 2.22. The SMILES string of the molecule is CNC(Cc1ccc(OC)c(F)c1)C(C)(C)N(C)C. The number of halogens is 1. The zero-order chi connectivity index (χ0) is 14.6. The Labute approximate surface area is 115 Å². The van der Waals surface area contributed by atoms with Crippen LogP contribution >= 0.6 is 0 Å². The minimum Gasteiger partial charge on any atom is -0.494 e. The van der Waals surface area contributed by atoms with Crippen LogP contribution in [-0.4, -0.2) is 44.7 Å². The van der Waals surface area contributed by atoms with Crippen molar-refractivity contribution in [3.63, 3.8) is 0 Å². The quantitative estimate of drug-likeness (QED) is 0.857. The number of nitrogens with one attached hydrogen (secondary N) is 1. The summed E-state index contributed by atoms with van der Waals surface area (Å²) in [5.74, 6) is -0.0193. The van der Waals surface area contributed by atoms with Crippen molar-refractivity contribution in [1.29, 1.82) is 0 Å². The Hall–Kier alpha value is -1.13. The van der Waals surface area contributed by atoms with Crippen molar-refractivity contribution >= 4 is 0 Å². The van der Waals surface area contributed by atoms with Crippen molar-refractivity contribution in [3.05, 3.63) is 29.6 Å². The van der Waals surface area contributed by atoms with Gasteiger partial charge in [-0.1, -0.05) is 6.07 Å². The van der Waals surface area contributed by atoms with E-state index in [9.17, 15) is 4.39 Å². The number of rotatable bonds is 6. The molecule has 0 aliphatic rings. The van der Waals surface area contributed by atoms with Crippen molar-refractivity contribution in [3.8, 4) is 5.75 Å². The molecule has 108 valence electrons. The van der Waals surface area contributed by atoms with Gasteiger partial charge in [-0.3, -0.25) is 0 Å². The standard InChI is InChI=1S/C15H25FN2O/c1-15(2,18(4)5)14(17-3)10-11-7-8-13(19-6)12(16)9-11/h7-9,14,17H,10H2,1-6H3. The molecule has 0 saturated heterocycles. The lowest BCUT2D eigenvalue weighted by molar-refractivity contribution is 0.141. The van der Waals surface area contributed by atoms with Crippen molar-refractivity contribution in [1.82, 2.24) is 10.2 Å². The number of likely N-dealkylation sites (N-methyl/N-ethyl adjacent to an activating group) is 2. The van der Waals surface area contributed by atoms with Crippen LogP contribution in [0.2, 0.25) is 0 Å². The maximum absolute atomic E-state index is 13.7. The number of hydrogen-bond acceptors (Lipinski definition) is 3. The number of ether oxygens (including phenoxy) is 1. The number of benzene rings is 1. The molecular formula is C15H25FN2O. The van der Waals surface area contributed by atoms with E-state index in [-0.39, 0.29) is 23.1 Å². The van der Waals surface area contributed by atoms with Gasteiger partial charge in [0.15, 0.2) is 11.6 Å². The van der Waals surface area contributed by atoms with E-state index in [0.29, 0.717) is 0 Å². The van der Waals surface area contributed by atoms with Crippen LogP contribution in [0.15, 0.2) is 18.2 Å². The lowest BCUT2D eigenvalue weighted by Crippen LogP contribution is -2.55. The Morgan fingerprint density at radius 3 is 2.42 bits per heavy atom. The van der Waals surface area contributed by atoms with Crippen molar-refractivity contribution in [2.75, 3.05) is 28.3 Å². The second-order valence-corrected chi connectivity index (χ2v) is 5.56. The van der Waals surface area contributed by atoms with Crippen LogP contribution in [0.3, 0.4) is 0 Å². The predicted molar refractivity (Wildman–Crippen MR) is 77.3 cm³/mol. The number of methoxy groups -OCH3 is 1. The summed E-state index contributed by atoms with van der Waals surface area (Å²) < 4.78 is 18.6. The normalized spacial score (nSPS) is 13.7. The van der Waals surface area contributed by atoms with E-state index in [0.717, 1.165) is 12.0 Å². The Morgan fingerprint density at radius 2 is 2.00 bits per heavy atom. The first-order valence-electron chi connectivity index (χ1n) is 6.50. The van der Waals surface area contributed by atoms with Gasteiger partial charge in [-0.15, -0.1) is 0 Å². The maximum atomic E-state index is 13.7. The molecule has 19 heavy (non-hydrogen) atoms. The maximum Gasteiger partial charge on any atom is 0.165 e. The minimum absolute atomic E-state index is 0.0227. The molecule has 3 nitrogen and oxygen atoms in total. The topological polar surface area (TPSA) is 24.5 Å². The fourth-order valence-electron chi connectivity index (χ4n) is 2.09. The van der Waals surface area contributed by atoms with Gasteiger partial charge in [0.25, 0.3) is 0 Å². The van der Waals surface area contributed by atoms with Gasteiger partial charge >= 0.3 is 0 Å². The fourth-order valence-corrected chi connectivity index (χ4v) is 2.09. The molecule has 0 amide bonds. The average Bonchev–Trinajstić information content (AvgIpc) is 2.35. The third-order valence-corrected chi connectivity index (χ3v) is 4.01. The molecule has 4 heteroatoms. The lowest BCUT2D eigenvalue weighted by Gasteiger charge is -2.40. The smallest absolute Gasteiger partial charge is 0.165 e. The van der Waals surface area contributed by atoms with Crippen LogP contribution < -0.4 is 10.1 Å². The molecule has 0 saturated carbocycles. The van der Waals surface area contributed by atoms with Crippen LogP contribution in [0, 0.1) is 5.82 Å². The highest BCUT2D eigenvalue weighted by atomic mass is 19.1. The highest BCUT2D eigenvalue weighted by Gasteiger charge is 2.30. The summed E-state index contributed by atoms with van der Waals surface area (Å²) in [4.78, 5) is 2.17. The van der Waals surface area contributed by atoms with Crippen LogP contribution in [0.1, 0.15) is 19.4 Å². The van der Waals surface area contributed by atoms with Crippen LogP contribution in [0.4, 0.5) is 4.39 Å². The van der Waals surface area contributed by atoms with Crippen LogP contribution in [-0.2, 0) is 6.42 Å². The fraction of sp³-hybridized carbons (Fsp3) is 0.600. The molecule has 1 atom stereocenters. The summed E-state index contributed by atoms with van der Waals surface area (Å²) in [6.07, 6.45) is 0.766. The summed E-state index contributed by atoms with van der Waals surface area (Å²) >= 11 is 0. The first-order chi connectivity index (χ1) is 8.82. The molecule has 1 N–H and O–H groups in total. The summed E-state index contributed by atoms with van der Waals surface area (Å²) in [7, 11) is 7.53. The monoisotopic (exact) mass is 268 g/mol. The van der Waals surface area contributed by atoms with E-state index >= 15 is 0 Å². The average molecular weight is 268 g/mol. The molecular weight excluding hydrogens is 243 g/mol. The molecule has 1 rings (SSSR count). The Balaban J connectivity index is 2.90. The Morgan fingerprint density at radius 1 is 1.37 bits per heavy atom. The van der Waals surface area contributed by atoms with E-state index in [1.54, 1.807) is 12.1 Å². The molecule has 0 heterocycles. The molecule has 0 aromatic heterocycles. The van der Waals surface area contributed by atoms with Gasteiger partial charge in [-0.25, -0.2) is 4.39 Å². The van der Waals surface area contributed by atoms with Gasteiger partial charge < -0.3 is 15.0 Å². The molecule has 0 radical (unpaired) electrons. The van der Waals surface area contributed by atoms with Crippen molar-refractivity contribution in [2.45, 2.75) is 31.8 Å². The van der Waals surface area contributed by atoms with Crippen LogP contribution in [0.25, 0.3) is 0 Å². The molecule has 0 spiro atoms. The zero-order valence-corrected chi connectivity index (χ0v) is 12.7. The van der Waals surface area contributed by atoms with Gasteiger partial charge in [0, 0.05) is 11.6 Å². The third-order valence-electron chi connectivity index (χ3n) is 4.01. The van der Waals surface area contributed by atoms with Gasteiger partial charge in [-0.2, -0.15) is 0 Å². The first kappa shape index (κ1) is 15.9. The summed E-state index contributed by atoms with van der Waals surface area (Å²) in [5.41, 5.74) is 0.943. The van der Waals surface area contributed by atoms with E-state index in [1.807, 2.05) is 13.1 Å². The molecule has 0 aliphatic carbocycles. The molecule has 1 aromatic rings.